The molecule has 0 amide bonds. The van der Waals surface area contributed by atoms with Crippen LogP contribution in [0.25, 0.3) is 0 Å². The summed E-state index contributed by atoms with van der Waals surface area (Å²) in [5.74, 6) is 0. The van der Waals surface area contributed by atoms with E-state index in [0.717, 1.165) is 6.54 Å². The number of nitrogens with zero attached hydrogens (tertiary/aromatic N) is 1. The summed E-state index contributed by atoms with van der Waals surface area (Å²) in [6, 6.07) is 0. The minimum absolute atomic E-state index is 0. The Bertz CT molecular complexity index is 121. The van der Waals surface area contributed by atoms with E-state index in [4.69, 9.17) is 0 Å². The lowest BCUT2D eigenvalue weighted by Gasteiger charge is -2.37. The molecule has 3 heteroatoms. The van der Waals surface area contributed by atoms with Gasteiger partial charge in [-0.2, -0.15) is 0 Å². The molecule has 0 aromatic rings. The van der Waals surface area contributed by atoms with E-state index in [0.29, 0.717) is 0 Å². The largest absolute Gasteiger partial charge is 0.870 e. The molecule has 0 heterocycles. The Balaban J connectivity index is -0.000000720. The van der Waals surface area contributed by atoms with Crippen LogP contribution in [0, 0.1) is 0 Å². The van der Waals surface area contributed by atoms with Gasteiger partial charge >= 0.3 is 0 Å². The van der Waals surface area contributed by atoms with Crippen LogP contribution in [0.1, 0.15) is 40.0 Å². The van der Waals surface area contributed by atoms with E-state index in [1.807, 2.05) is 0 Å². The summed E-state index contributed by atoms with van der Waals surface area (Å²) in [5, 5.41) is 0. The van der Waals surface area contributed by atoms with Crippen LogP contribution in [-0.2, 0) is 0 Å². The monoisotopic (exact) mass is 219 g/mol. The first-order valence-corrected chi connectivity index (χ1v) is 5.70. The van der Waals surface area contributed by atoms with Gasteiger partial charge < -0.3 is 15.4 Å². The summed E-state index contributed by atoms with van der Waals surface area (Å²) < 4.78 is 1.26. The van der Waals surface area contributed by atoms with Crippen LogP contribution >= 0.6 is 0 Å². The van der Waals surface area contributed by atoms with E-state index in [2.05, 4.69) is 33.4 Å². The Morgan fingerprint density at radius 1 is 0.933 bits per heavy atom. The summed E-state index contributed by atoms with van der Waals surface area (Å²) in [6.07, 6.45) is 5.94. The Kier molecular flexibility index (Phi) is 15.7. The van der Waals surface area contributed by atoms with Crippen molar-refractivity contribution in [1.82, 2.24) is 0 Å². The summed E-state index contributed by atoms with van der Waals surface area (Å²) in [4.78, 5) is 0. The lowest BCUT2D eigenvalue weighted by atomic mass is 10.2. The summed E-state index contributed by atoms with van der Waals surface area (Å²) in [6.45, 7) is 15.8. The number of rotatable bonds is 8. The van der Waals surface area contributed by atoms with Gasteiger partial charge in [0, 0.05) is 0 Å². The van der Waals surface area contributed by atoms with Gasteiger partial charge in [0.05, 0.1) is 26.2 Å². The predicted molar refractivity (Wildman–Crippen MR) is 66.3 cm³/mol. The molecule has 0 spiro atoms. The third-order valence-electron chi connectivity index (χ3n) is 2.61. The molecule has 3 nitrogen and oxygen atoms in total. The minimum atomic E-state index is 0. The van der Waals surface area contributed by atoms with Crippen molar-refractivity contribution in [3.05, 3.63) is 12.7 Å². The normalized spacial score (nSPS) is 10.1. The second kappa shape index (κ2) is 11.7. The van der Waals surface area contributed by atoms with Crippen molar-refractivity contribution in [2.24, 2.45) is 0 Å². The lowest BCUT2D eigenvalue weighted by Crippen LogP contribution is -2.49. The number of hydrogen-bond donors (Lipinski definition) is 0. The van der Waals surface area contributed by atoms with E-state index in [1.54, 1.807) is 0 Å². The first kappa shape index (κ1) is 20.1. The van der Waals surface area contributed by atoms with Gasteiger partial charge in [-0.15, -0.1) is 0 Å². The van der Waals surface area contributed by atoms with Crippen LogP contribution in [0.3, 0.4) is 0 Å². The maximum Gasteiger partial charge on any atom is 0.0971 e. The first-order chi connectivity index (χ1) is 6.24. The standard InChI is InChI=1S/C12H26N.2H2O/c1-5-9-13(10-6-2,11-7-3)12-8-4;;/h5H,1,6-12H2,2-4H3;2*1H2/q+1;;/p-1. The predicted octanol–water partition coefficient (Wildman–Crippen LogP) is 2.22. The molecule has 0 aliphatic heterocycles. The molecule has 94 valence electrons. The summed E-state index contributed by atoms with van der Waals surface area (Å²) in [5.41, 5.74) is 0. The van der Waals surface area contributed by atoms with Crippen molar-refractivity contribution in [2.45, 2.75) is 40.0 Å². The molecule has 0 rings (SSSR count). The third-order valence-corrected chi connectivity index (χ3v) is 2.61. The zero-order chi connectivity index (χ0) is 10.2. The highest BCUT2D eigenvalue weighted by Gasteiger charge is 2.22. The van der Waals surface area contributed by atoms with Gasteiger partial charge in [0.2, 0.25) is 0 Å². The van der Waals surface area contributed by atoms with E-state index in [1.165, 1.54) is 43.4 Å². The van der Waals surface area contributed by atoms with E-state index < -0.39 is 0 Å². The Morgan fingerprint density at radius 2 is 1.27 bits per heavy atom. The number of hydrogen-bond acceptors (Lipinski definition) is 1. The van der Waals surface area contributed by atoms with Gasteiger partial charge in [-0.25, -0.2) is 0 Å². The molecule has 0 bridgehead atoms. The van der Waals surface area contributed by atoms with Gasteiger partial charge in [0.25, 0.3) is 0 Å². The fourth-order valence-corrected chi connectivity index (χ4v) is 2.31. The van der Waals surface area contributed by atoms with Crippen LogP contribution in [0.15, 0.2) is 12.7 Å². The average molecular weight is 219 g/mol. The highest BCUT2D eigenvalue weighted by atomic mass is 16.0. The van der Waals surface area contributed by atoms with Crippen molar-refractivity contribution in [1.29, 1.82) is 0 Å². The van der Waals surface area contributed by atoms with Crippen molar-refractivity contribution >= 4 is 0 Å². The molecular weight excluding hydrogens is 190 g/mol. The van der Waals surface area contributed by atoms with Gasteiger partial charge in [0.15, 0.2) is 0 Å². The Morgan fingerprint density at radius 3 is 1.47 bits per heavy atom. The molecule has 0 atom stereocenters. The second-order valence-corrected chi connectivity index (χ2v) is 3.98. The van der Waals surface area contributed by atoms with Crippen molar-refractivity contribution in [2.75, 3.05) is 26.2 Å². The highest BCUT2D eigenvalue weighted by Crippen LogP contribution is 2.11. The van der Waals surface area contributed by atoms with Gasteiger partial charge in [-0.1, -0.05) is 27.4 Å². The molecule has 0 aliphatic rings. The maximum atomic E-state index is 3.88. The van der Waals surface area contributed by atoms with Crippen molar-refractivity contribution < 1.29 is 15.4 Å². The van der Waals surface area contributed by atoms with Crippen molar-refractivity contribution in [3.8, 4) is 0 Å². The van der Waals surface area contributed by atoms with Gasteiger partial charge in [-0.3, -0.25) is 0 Å². The fourth-order valence-electron chi connectivity index (χ4n) is 2.31. The fraction of sp³-hybridized carbons (Fsp3) is 0.833. The van der Waals surface area contributed by atoms with Crippen molar-refractivity contribution in [3.63, 3.8) is 0 Å². The van der Waals surface area contributed by atoms with Crippen LogP contribution < -0.4 is 0 Å². The summed E-state index contributed by atoms with van der Waals surface area (Å²) in [7, 11) is 0. The van der Waals surface area contributed by atoms with Crippen LogP contribution in [0.4, 0.5) is 0 Å². The molecule has 0 radical (unpaired) electrons. The van der Waals surface area contributed by atoms with E-state index in [-0.39, 0.29) is 11.0 Å². The number of quaternary nitrogens is 1. The zero-order valence-electron chi connectivity index (χ0n) is 10.6. The van der Waals surface area contributed by atoms with Gasteiger partial charge in [0.1, 0.15) is 0 Å². The molecule has 3 N–H and O–H groups in total. The molecule has 0 saturated carbocycles. The Hall–Kier alpha value is -0.380. The van der Waals surface area contributed by atoms with Gasteiger partial charge in [-0.05, 0) is 25.3 Å². The molecule has 0 aromatic heterocycles. The molecule has 15 heavy (non-hydrogen) atoms. The quantitative estimate of drug-likeness (QED) is 0.456. The smallest absolute Gasteiger partial charge is 0.0971 e. The van der Waals surface area contributed by atoms with Crippen LogP contribution in [-0.4, -0.2) is 41.6 Å². The van der Waals surface area contributed by atoms with E-state index in [9.17, 15) is 0 Å². The summed E-state index contributed by atoms with van der Waals surface area (Å²) >= 11 is 0. The molecule has 0 aliphatic carbocycles. The molecule has 0 saturated heterocycles. The van der Waals surface area contributed by atoms with Crippen LogP contribution in [0.5, 0.6) is 0 Å². The topological polar surface area (TPSA) is 61.5 Å². The minimum Gasteiger partial charge on any atom is -0.870 e. The molecule has 0 aromatic carbocycles. The molecular formula is C12H29NO2. The van der Waals surface area contributed by atoms with Crippen LogP contribution in [0.2, 0.25) is 0 Å². The Labute approximate surface area is 95.0 Å². The molecule has 0 fully saturated rings. The molecule has 0 unspecified atom stereocenters. The third kappa shape index (κ3) is 7.54. The highest BCUT2D eigenvalue weighted by molar-refractivity contribution is 4.66. The maximum absolute atomic E-state index is 3.88. The first-order valence-electron chi connectivity index (χ1n) is 5.70. The lowest BCUT2D eigenvalue weighted by molar-refractivity contribution is -0.923. The second-order valence-electron chi connectivity index (χ2n) is 3.98. The zero-order valence-corrected chi connectivity index (χ0v) is 10.6. The van der Waals surface area contributed by atoms with E-state index >= 15 is 0 Å². The average Bonchev–Trinajstić information content (AvgIpc) is 2.06. The SMILES string of the molecule is C=CC[N+](CCC)(CCC)CCC.O.[OH-].